The van der Waals surface area contributed by atoms with Crippen LogP contribution in [-0.2, 0) is 4.79 Å². The number of thioether (sulfide) groups is 1. The summed E-state index contributed by atoms with van der Waals surface area (Å²) in [5.74, 6) is 0.255. The summed E-state index contributed by atoms with van der Waals surface area (Å²) < 4.78 is 1.84. The maximum Gasteiger partial charge on any atom is 0.237 e. The highest BCUT2D eigenvalue weighted by atomic mass is 35.5. The molecule has 0 fully saturated rings. The highest BCUT2D eigenvalue weighted by molar-refractivity contribution is 8.00. The predicted molar refractivity (Wildman–Crippen MR) is 120 cm³/mol. The van der Waals surface area contributed by atoms with Gasteiger partial charge >= 0.3 is 0 Å². The quantitative estimate of drug-likeness (QED) is 0.505. The third-order valence-electron chi connectivity index (χ3n) is 4.78. The van der Waals surface area contributed by atoms with Crippen LogP contribution in [-0.4, -0.2) is 25.9 Å². The third-order valence-corrected chi connectivity index (χ3v) is 6.24. The second kappa shape index (κ2) is 9.01. The number of para-hydroxylation sites is 1. The molecule has 0 radical (unpaired) electrons. The number of halogens is 1. The molecule has 0 aliphatic rings. The first kappa shape index (κ1) is 21.4. The molecule has 1 amide bonds. The minimum absolute atomic E-state index is 0.0670. The smallest absolute Gasteiger partial charge is 0.237 e. The van der Waals surface area contributed by atoms with Crippen molar-refractivity contribution in [2.45, 2.75) is 50.9 Å². The van der Waals surface area contributed by atoms with E-state index in [4.69, 9.17) is 11.6 Å². The maximum absolute atomic E-state index is 12.9. The van der Waals surface area contributed by atoms with Gasteiger partial charge in [0.2, 0.25) is 5.91 Å². The van der Waals surface area contributed by atoms with E-state index in [1.54, 1.807) is 6.33 Å². The van der Waals surface area contributed by atoms with Gasteiger partial charge in [0.15, 0.2) is 5.16 Å². The summed E-state index contributed by atoms with van der Waals surface area (Å²) in [6.45, 7) is 10.1. The summed E-state index contributed by atoms with van der Waals surface area (Å²) in [5.41, 5.74) is 4.95. The first-order valence-corrected chi connectivity index (χ1v) is 10.8. The number of nitrogens with one attached hydrogen (secondary N) is 1. The molecule has 0 saturated carbocycles. The molecule has 0 bridgehead atoms. The van der Waals surface area contributed by atoms with E-state index < -0.39 is 0 Å². The van der Waals surface area contributed by atoms with Crippen LogP contribution in [0.25, 0.3) is 5.69 Å². The van der Waals surface area contributed by atoms with Crippen LogP contribution in [0, 0.1) is 13.8 Å². The first-order chi connectivity index (χ1) is 13.8. The lowest BCUT2D eigenvalue weighted by atomic mass is 9.98. The highest BCUT2D eigenvalue weighted by Crippen LogP contribution is 2.30. The molecule has 5 nitrogen and oxygen atoms in total. The molecule has 3 rings (SSSR count). The average Bonchev–Trinajstić information content (AvgIpc) is 3.13. The van der Waals surface area contributed by atoms with Gasteiger partial charge in [0.25, 0.3) is 0 Å². The molecular formula is C22H25ClN4OS. The number of nitrogens with zero attached hydrogens (tertiary/aromatic N) is 3. The van der Waals surface area contributed by atoms with E-state index in [9.17, 15) is 4.79 Å². The van der Waals surface area contributed by atoms with Crippen LogP contribution in [0.15, 0.2) is 47.9 Å². The van der Waals surface area contributed by atoms with E-state index >= 15 is 0 Å². The molecule has 152 valence electrons. The van der Waals surface area contributed by atoms with Gasteiger partial charge in [-0.2, -0.15) is 0 Å². The van der Waals surface area contributed by atoms with Crippen molar-refractivity contribution >= 4 is 35.0 Å². The predicted octanol–water partition coefficient (Wildman–Crippen LogP) is 5.78. The normalized spacial score (nSPS) is 12.2. The molecule has 1 unspecified atom stereocenters. The van der Waals surface area contributed by atoms with E-state index in [1.165, 1.54) is 11.8 Å². The highest BCUT2D eigenvalue weighted by Gasteiger charge is 2.21. The molecule has 29 heavy (non-hydrogen) atoms. The van der Waals surface area contributed by atoms with E-state index in [2.05, 4.69) is 35.4 Å². The SMILES string of the molecule is Cc1ccc(-n2cnnc2SC(C)C(=O)Nc2c(C)cccc2C(C)C)cc1Cl. The van der Waals surface area contributed by atoms with Crippen LogP contribution >= 0.6 is 23.4 Å². The molecule has 1 heterocycles. The lowest BCUT2D eigenvalue weighted by molar-refractivity contribution is -0.115. The van der Waals surface area contributed by atoms with Gasteiger partial charge in [-0.05, 0) is 55.5 Å². The number of aryl methyl sites for hydroxylation is 2. The lowest BCUT2D eigenvalue weighted by Crippen LogP contribution is -2.24. The number of benzene rings is 2. The zero-order chi connectivity index (χ0) is 21.1. The number of amides is 1. The summed E-state index contributed by atoms with van der Waals surface area (Å²) in [4.78, 5) is 12.9. The fourth-order valence-electron chi connectivity index (χ4n) is 2.99. The van der Waals surface area contributed by atoms with Crippen molar-refractivity contribution in [3.63, 3.8) is 0 Å². The molecule has 0 saturated heterocycles. The largest absolute Gasteiger partial charge is 0.325 e. The first-order valence-electron chi connectivity index (χ1n) is 9.51. The van der Waals surface area contributed by atoms with E-state index in [0.717, 1.165) is 28.1 Å². The maximum atomic E-state index is 12.9. The van der Waals surface area contributed by atoms with Gasteiger partial charge in [-0.15, -0.1) is 10.2 Å². The monoisotopic (exact) mass is 428 g/mol. The van der Waals surface area contributed by atoms with Crippen molar-refractivity contribution in [3.05, 3.63) is 64.4 Å². The number of aromatic nitrogens is 3. The second-order valence-electron chi connectivity index (χ2n) is 7.36. The molecule has 1 aromatic heterocycles. The Kier molecular flexibility index (Phi) is 6.65. The summed E-state index contributed by atoms with van der Waals surface area (Å²) in [5, 5.41) is 12.3. The van der Waals surface area contributed by atoms with Gasteiger partial charge in [0, 0.05) is 10.7 Å². The summed E-state index contributed by atoms with van der Waals surface area (Å²) in [6, 6.07) is 11.9. The van der Waals surface area contributed by atoms with Gasteiger partial charge < -0.3 is 5.32 Å². The Bertz CT molecular complexity index is 1030. The van der Waals surface area contributed by atoms with Crippen molar-refractivity contribution in [1.29, 1.82) is 0 Å². The number of hydrogen-bond acceptors (Lipinski definition) is 4. The van der Waals surface area contributed by atoms with Crippen molar-refractivity contribution < 1.29 is 4.79 Å². The van der Waals surface area contributed by atoms with Crippen molar-refractivity contribution in [1.82, 2.24) is 14.8 Å². The summed E-state index contributed by atoms with van der Waals surface area (Å²) in [7, 11) is 0. The Morgan fingerprint density at radius 3 is 2.59 bits per heavy atom. The average molecular weight is 429 g/mol. The molecule has 2 aromatic carbocycles. The number of anilines is 1. The Morgan fingerprint density at radius 2 is 1.90 bits per heavy atom. The topological polar surface area (TPSA) is 59.8 Å². The zero-order valence-electron chi connectivity index (χ0n) is 17.2. The van der Waals surface area contributed by atoms with Crippen LogP contribution in [0.1, 0.15) is 43.4 Å². The van der Waals surface area contributed by atoms with Crippen LogP contribution in [0.2, 0.25) is 5.02 Å². The van der Waals surface area contributed by atoms with E-state index in [-0.39, 0.29) is 11.2 Å². The van der Waals surface area contributed by atoms with Crippen LogP contribution < -0.4 is 5.32 Å². The van der Waals surface area contributed by atoms with Gasteiger partial charge in [-0.1, -0.05) is 61.5 Å². The van der Waals surface area contributed by atoms with E-state index in [0.29, 0.717) is 16.1 Å². The minimum Gasteiger partial charge on any atom is -0.325 e. The second-order valence-corrected chi connectivity index (χ2v) is 9.08. The number of carbonyl (C=O) groups is 1. The molecule has 0 aliphatic heterocycles. The minimum atomic E-state index is -0.349. The Balaban J connectivity index is 1.78. The van der Waals surface area contributed by atoms with Crippen molar-refractivity contribution in [3.8, 4) is 5.69 Å². The third kappa shape index (κ3) is 4.82. The molecule has 1 atom stereocenters. The zero-order valence-corrected chi connectivity index (χ0v) is 18.8. The van der Waals surface area contributed by atoms with E-state index in [1.807, 2.05) is 55.7 Å². The van der Waals surface area contributed by atoms with Crippen LogP contribution in [0.5, 0.6) is 0 Å². The Morgan fingerprint density at radius 1 is 1.14 bits per heavy atom. The molecular weight excluding hydrogens is 404 g/mol. The molecule has 1 N–H and O–H groups in total. The van der Waals surface area contributed by atoms with Crippen molar-refractivity contribution in [2.75, 3.05) is 5.32 Å². The van der Waals surface area contributed by atoms with Gasteiger partial charge in [0.05, 0.1) is 10.9 Å². The molecule has 7 heteroatoms. The standard InChI is InChI=1S/C22H25ClN4OS/c1-13(2)18-8-6-7-15(4)20(18)25-21(28)16(5)29-22-26-24-12-27(22)17-10-9-14(3)19(23)11-17/h6-13,16H,1-5H3,(H,25,28). The Hall–Kier alpha value is -2.31. The lowest BCUT2D eigenvalue weighted by Gasteiger charge is -2.18. The van der Waals surface area contributed by atoms with Gasteiger partial charge in [-0.3, -0.25) is 9.36 Å². The number of carbonyl (C=O) groups excluding carboxylic acids is 1. The van der Waals surface area contributed by atoms with Crippen molar-refractivity contribution in [2.24, 2.45) is 0 Å². The number of rotatable bonds is 6. The van der Waals surface area contributed by atoms with Crippen LogP contribution in [0.4, 0.5) is 5.69 Å². The van der Waals surface area contributed by atoms with Gasteiger partial charge in [-0.25, -0.2) is 0 Å². The molecule has 3 aromatic rings. The summed E-state index contributed by atoms with van der Waals surface area (Å²) in [6.07, 6.45) is 1.63. The van der Waals surface area contributed by atoms with Gasteiger partial charge in [0.1, 0.15) is 6.33 Å². The number of hydrogen-bond donors (Lipinski definition) is 1. The fourth-order valence-corrected chi connectivity index (χ4v) is 4.01. The fraction of sp³-hybridized carbons (Fsp3) is 0.318. The molecule has 0 aliphatic carbocycles. The Labute approximate surface area is 180 Å². The summed E-state index contributed by atoms with van der Waals surface area (Å²) >= 11 is 7.62. The van der Waals surface area contributed by atoms with Crippen LogP contribution in [0.3, 0.4) is 0 Å². The molecule has 0 spiro atoms.